The normalized spacial score (nSPS) is 19.4. The van der Waals surface area contributed by atoms with Crippen LogP contribution < -0.4 is 16.3 Å². The SMILES string of the molecule is O=c1c(C2=NS(O)(O)c3ccccc3N2)c(O)c2ccccc2n1NC1CCCCCC1. The highest BCUT2D eigenvalue weighted by atomic mass is 32.3. The average Bonchev–Trinajstić information content (AvgIpc) is 3.05. The summed E-state index contributed by atoms with van der Waals surface area (Å²) in [5.74, 6) is -0.307. The van der Waals surface area contributed by atoms with Crippen LogP contribution in [0.4, 0.5) is 5.69 Å². The van der Waals surface area contributed by atoms with Crippen LogP contribution in [0.2, 0.25) is 0 Å². The number of fused-ring (bicyclic) bond motifs is 2. The van der Waals surface area contributed by atoms with Crippen LogP contribution in [0.5, 0.6) is 5.75 Å². The molecule has 3 aromatic rings. The van der Waals surface area contributed by atoms with E-state index in [4.69, 9.17) is 0 Å². The van der Waals surface area contributed by atoms with Crippen molar-refractivity contribution in [2.45, 2.75) is 49.5 Å². The van der Waals surface area contributed by atoms with Crippen LogP contribution in [-0.4, -0.2) is 30.8 Å². The van der Waals surface area contributed by atoms with E-state index in [0.717, 1.165) is 25.7 Å². The lowest BCUT2D eigenvalue weighted by molar-refractivity contribution is 0.477. The summed E-state index contributed by atoms with van der Waals surface area (Å²) in [5, 5.41) is 14.5. The second-order valence-electron chi connectivity index (χ2n) is 8.28. The number of benzene rings is 2. The van der Waals surface area contributed by atoms with E-state index in [1.54, 1.807) is 42.5 Å². The molecule has 2 aliphatic rings. The second-order valence-corrected chi connectivity index (χ2v) is 9.94. The number of para-hydroxylation sites is 2. The zero-order valence-electron chi connectivity index (χ0n) is 17.5. The van der Waals surface area contributed by atoms with Gasteiger partial charge in [-0.1, -0.05) is 60.7 Å². The lowest BCUT2D eigenvalue weighted by Crippen LogP contribution is -2.39. The zero-order chi connectivity index (χ0) is 22.3. The fourth-order valence-corrected chi connectivity index (χ4v) is 5.67. The van der Waals surface area contributed by atoms with E-state index >= 15 is 0 Å². The van der Waals surface area contributed by atoms with Crippen LogP contribution in [0.25, 0.3) is 10.9 Å². The van der Waals surface area contributed by atoms with Gasteiger partial charge in [0, 0.05) is 11.4 Å². The Bertz CT molecular complexity index is 1260. The van der Waals surface area contributed by atoms with Gasteiger partial charge in [0.25, 0.3) is 5.56 Å². The molecule has 168 valence electrons. The largest absolute Gasteiger partial charge is 0.506 e. The van der Waals surface area contributed by atoms with Crippen molar-refractivity contribution in [3.8, 4) is 5.75 Å². The van der Waals surface area contributed by atoms with Gasteiger partial charge in [0.05, 0.1) is 11.2 Å². The third-order valence-electron chi connectivity index (χ3n) is 6.11. The van der Waals surface area contributed by atoms with Crippen molar-refractivity contribution in [1.82, 2.24) is 4.68 Å². The van der Waals surface area contributed by atoms with Crippen molar-refractivity contribution < 1.29 is 14.2 Å². The molecular weight excluding hydrogens is 428 g/mol. The van der Waals surface area contributed by atoms with Crippen molar-refractivity contribution in [2.75, 3.05) is 10.7 Å². The van der Waals surface area contributed by atoms with Gasteiger partial charge in [-0.15, -0.1) is 4.40 Å². The monoisotopic (exact) mass is 454 g/mol. The molecule has 1 aromatic heterocycles. The summed E-state index contributed by atoms with van der Waals surface area (Å²) in [5.41, 5.74) is 3.78. The number of amidine groups is 1. The number of hydrogen-bond acceptors (Lipinski definition) is 7. The maximum atomic E-state index is 13.7. The Hall–Kier alpha value is -3.01. The Morgan fingerprint density at radius 1 is 1.00 bits per heavy atom. The zero-order valence-corrected chi connectivity index (χ0v) is 18.3. The number of nitrogens with one attached hydrogen (secondary N) is 2. The van der Waals surface area contributed by atoms with Gasteiger partial charge in [0.15, 0.2) is 5.84 Å². The van der Waals surface area contributed by atoms with Crippen molar-refractivity contribution >= 4 is 33.2 Å². The fourth-order valence-electron chi connectivity index (χ4n) is 4.50. The predicted molar refractivity (Wildman–Crippen MR) is 128 cm³/mol. The number of hydrogen-bond donors (Lipinski definition) is 5. The number of aromatic nitrogens is 1. The first-order valence-electron chi connectivity index (χ1n) is 10.8. The van der Waals surface area contributed by atoms with Gasteiger partial charge < -0.3 is 15.8 Å². The molecule has 1 saturated carbocycles. The van der Waals surface area contributed by atoms with Crippen LogP contribution in [-0.2, 0) is 0 Å². The third kappa shape index (κ3) is 3.62. The summed E-state index contributed by atoms with van der Waals surface area (Å²) in [6, 6.07) is 13.9. The van der Waals surface area contributed by atoms with Crippen LogP contribution in [0.3, 0.4) is 0 Å². The van der Waals surface area contributed by atoms with Gasteiger partial charge in [-0.25, -0.2) is 4.68 Å². The van der Waals surface area contributed by atoms with Crippen LogP contribution in [0.1, 0.15) is 44.1 Å². The topological polar surface area (TPSA) is 119 Å². The Kier molecular flexibility index (Phi) is 5.32. The van der Waals surface area contributed by atoms with E-state index in [-0.39, 0.29) is 28.1 Å². The number of aromatic hydroxyl groups is 1. The van der Waals surface area contributed by atoms with E-state index in [1.165, 1.54) is 17.5 Å². The molecule has 0 spiro atoms. The summed E-state index contributed by atoms with van der Waals surface area (Å²) in [6.07, 6.45) is 6.50. The molecule has 1 fully saturated rings. The van der Waals surface area contributed by atoms with Crippen molar-refractivity contribution in [3.05, 3.63) is 64.4 Å². The number of pyridine rings is 1. The molecule has 8 nitrogen and oxygen atoms in total. The molecule has 2 heterocycles. The highest BCUT2D eigenvalue weighted by Gasteiger charge is 2.30. The van der Waals surface area contributed by atoms with E-state index < -0.39 is 16.3 Å². The molecule has 32 heavy (non-hydrogen) atoms. The molecule has 5 rings (SSSR count). The van der Waals surface area contributed by atoms with Gasteiger partial charge in [-0.05, 0) is 37.1 Å². The van der Waals surface area contributed by atoms with Gasteiger partial charge in [0.2, 0.25) is 0 Å². The lowest BCUT2D eigenvalue weighted by Gasteiger charge is -2.34. The highest BCUT2D eigenvalue weighted by Crippen LogP contribution is 2.55. The highest BCUT2D eigenvalue weighted by molar-refractivity contribution is 8.23. The Balaban J connectivity index is 1.67. The molecule has 0 atom stereocenters. The molecular formula is C23H26N4O4S. The van der Waals surface area contributed by atoms with E-state index in [0.29, 0.717) is 16.6 Å². The van der Waals surface area contributed by atoms with Gasteiger partial charge in [0.1, 0.15) is 16.2 Å². The summed E-state index contributed by atoms with van der Waals surface area (Å²) in [7, 11) is -3.53. The fraction of sp³-hybridized carbons (Fsp3) is 0.304. The van der Waals surface area contributed by atoms with Gasteiger partial charge in [-0.3, -0.25) is 13.9 Å². The van der Waals surface area contributed by atoms with Crippen molar-refractivity contribution in [3.63, 3.8) is 0 Å². The molecule has 0 bridgehead atoms. The first kappa shape index (κ1) is 20.9. The smallest absolute Gasteiger partial charge is 0.284 e. The summed E-state index contributed by atoms with van der Waals surface area (Å²) >= 11 is 0. The van der Waals surface area contributed by atoms with Crippen molar-refractivity contribution in [1.29, 1.82) is 0 Å². The minimum atomic E-state index is -3.53. The minimum absolute atomic E-state index is 0.0617. The molecule has 0 amide bonds. The summed E-state index contributed by atoms with van der Waals surface area (Å²) < 4.78 is 26.8. The van der Waals surface area contributed by atoms with Gasteiger partial charge >= 0.3 is 0 Å². The molecule has 0 saturated heterocycles. The standard InChI is InChI=1S/C23H26N4O4S/c28-21-16-11-5-7-13-18(16)27(25-15-9-3-1-2-4-10-15)23(29)20(21)22-24-17-12-6-8-14-19(17)32(30,31)26-22/h5-8,11-15,25,28,30-31H,1-4,9-10H2,(H,24,26). The summed E-state index contributed by atoms with van der Waals surface area (Å²) in [6.45, 7) is 0. The van der Waals surface area contributed by atoms with Crippen molar-refractivity contribution in [2.24, 2.45) is 4.40 Å². The Labute approximate surface area is 187 Å². The number of rotatable bonds is 3. The third-order valence-corrected chi connectivity index (χ3v) is 7.49. The summed E-state index contributed by atoms with van der Waals surface area (Å²) in [4.78, 5) is 13.9. The van der Waals surface area contributed by atoms with Crippen LogP contribution in [0, 0.1) is 0 Å². The van der Waals surface area contributed by atoms with E-state index in [1.807, 2.05) is 6.07 Å². The van der Waals surface area contributed by atoms with E-state index in [9.17, 15) is 19.0 Å². The van der Waals surface area contributed by atoms with Crippen LogP contribution in [0.15, 0.2) is 62.6 Å². The van der Waals surface area contributed by atoms with Crippen LogP contribution >= 0.6 is 10.8 Å². The Morgan fingerprint density at radius 2 is 1.69 bits per heavy atom. The quantitative estimate of drug-likeness (QED) is 0.360. The average molecular weight is 455 g/mol. The maximum absolute atomic E-state index is 13.7. The first-order chi connectivity index (χ1) is 15.5. The molecule has 1 aliphatic heterocycles. The minimum Gasteiger partial charge on any atom is -0.506 e. The molecule has 2 aromatic carbocycles. The Morgan fingerprint density at radius 3 is 2.47 bits per heavy atom. The molecule has 0 radical (unpaired) electrons. The molecule has 1 aliphatic carbocycles. The van der Waals surface area contributed by atoms with Gasteiger partial charge in [-0.2, -0.15) is 0 Å². The second kappa shape index (κ2) is 8.16. The molecule has 0 unspecified atom stereocenters. The molecule has 9 heteroatoms. The molecule has 5 N–H and O–H groups in total. The predicted octanol–water partition coefficient (Wildman–Crippen LogP) is 4.87. The number of nitrogens with zero attached hydrogens (tertiary/aromatic N) is 2. The number of anilines is 1. The first-order valence-corrected chi connectivity index (χ1v) is 12.3. The van der Waals surface area contributed by atoms with E-state index in [2.05, 4.69) is 15.1 Å². The maximum Gasteiger partial charge on any atom is 0.284 e. The lowest BCUT2D eigenvalue weighted by atomic mass is 10.1.